The first-order valence-electron chi connectivity index (χ1n) is 7.73. The third-order valence-electron chi connectivity index (χ3n) is 4.31. The second kappa shape index (κ2) is 7.53. The van der Waals surface area contributed by atoms with Crippen molar-refractivity contribution >= 4 is 0 Å². The summed E-state index contributed by atoms with van der Waals surface area (Å²) in [5, 5.41) is 3.27. The molecule has 0 aromatic heterocycles. The molecule has 1 aliphatic carbocycles. The zero-order valence-electron chi connectivity index (χ0n) is 12.9. The number of nitrogens with one attached hydrogen (secondary N) is 1. The Morgan fingerprint density at radius 1 is 1.20 bits per heavy atom. The summed E-state index contributed by atoms with van der Waals surface area (Å²) >= 11 is 0. The second-order valence-electron chi connectivity index (χ2n) is 5.70. The molecule has 2 rings (SSSR count). The molecule has 112 valence electrons. The van der Waals surface area contributed by atoms with Gasteiger partial charge in [0, 0.05) is 6.04 Å². The van der Waals surface area contributed by atoms with Crippen LogP contribution >= 0.6 is 0 Å². The van der Waals surface area contributed by atoms with Crippen molar-refractivity contribution in [3.63, 3.8) is 0 Å². The van der Waals surface area contributed by atoms with Crippen molar-refractivity contribution < 1.29 is 9.47 Å². The molecule has 1 aromatic carbocycles. The first kappa shape index (κ1) is 15.2. The Hall–Kier alpha value is -1.22. The summed E-state index contributed by atoms with van der Waals surface area (Å²) in [6.07, 6.45) is 6.71. The van der Waals surface area contributed by atoms with Gasteiger partial charge in [0.05, 0.1) is 19.3 Å². The van der Waals surface area contributed by atoms with Crippen LogP contribution in [0.25, 0.3) is 0 Å². The van der Waals surface area contributed by atoms with Gasteiger partial charge in [-0.15, -0.1) is 0 Å². The van der Waals surface area contributed by atoms with Crippen LogP contribution in [0.2, 0.25) is 0 Å². The lowest BCUT2D eigenvalue weighted by atomic mass is 9.90. The third kappa shape index (κ3) is 3.66. The quantitative estimate of drug-likeness (QED) is 0.854. The number of hydrogen-bond acceptors (Lipinski definition) is 3. The Bertz CT molecular complexity index is 413. The largest absolute Gasteiger partial charge is 0.496 e. The van der Waals surface area contributed by atoms with Crippen molar-refractivity contribution in [1.29, 1.82) is 0 Å². The summed E-state index contributed by atoms with van der Waals surface area (Å²) in [5.41, 5.74) is 1.12. The van der Waals surface area contributed by atoms with Gasteiger partial charge in [0.1, 0.15) is 11.5 Å². The van der Waals surface area contributed by atoms with Gasteiger partial charge in [0.15, 0.2) is 0 Å². The molecule has 1 aromatic rings. The molecule has 0 saturated heterocycles. The van der Waals surface area contributed by atoms with Crippen molar-refractivity contribution in [2.75, 3.05) is 20.8 Å². The fourth-order valence-corrected chi connectivity index (χ4v) is 2.96. The van der Waals surface area contributed by atoms with Crippen LogP contribution in [0.1, 0.15) is 50.6 Å². The molecule has 0 amide bonds. The lowest BCUT2D eigenvalue weighted by Crippen LogP contribution is -2.18. The first-order valence-corrected chi connectivity index (χ1v) is 7.73. The molecular weight excluding hydrogens is 250 g/mol. The Balaban J connectivity index is 2.09. The maximum Gasteiger partial charge on any atom is 0.127 e. The molecule has 1 N–H and O–H groups in total. The smallest absolute Gasteiger partial charge is 0.127 e. The Morgan fingerprint density at radius 2 is 1.90 bits per heavy atom. The number of benzene rings is 1. The maximum atomic E-state index is 6.12. The molecule has 1 fully saturated rings. The molecule has 0 aliphatic heterocycles. The Morgan fingerprint density at radius 3 is 2.55 bits per heavy atom. The zero-order chi connectivity index (χ0) is 14.4. The number of rotatable bonds is 6. The van der Waals surface area contributed by atoms with Crippen LogP contribution in [-0.4, -0.2) is 20.8 Å². The van der Waals surface area contributed by atoms with Crippen LogP contribution < -0.4 is 14.8 Å². The van der Waals surface area contributed by atoms with E-state index < -0.39 is 0 Å². The second-order valence-corrected chi connectivity index (χ2v) is 5.70. The molecule has 0 radical (unpaired) electrons. The van der Waals surface area contributed by atoms with E-state index in [1.165, 1.54) is 32.1 Å². The molecule has 1 unspecified atom stereocenters. The summed E-state index contributed by atoms with van der Waals surface area (Å²) < 4.78 is 11.6. The van der Waals surface area contributed by atoms with Crippen molar-refractivity contribution in [3.05, 3.63) is 23.8 Å². The average Bonchev–Trinajstić information content (AvgIpc) is 2.52. The van der Waals surface area contributed by atoms with Gasteiger partial charge < -0.3 is 14.8 Å². The van der Waals surface area contributed by atoms with E-state index in [0.717, 1.165) is 23.7 Å². The van der Waals surface area contributed by atoms with Crippen LogP contribution in [0.15, 0.2) is 18.2 Å². The van der Waals surface area contributed by atoms with Crippen molar-refractivity contribution in [2.45, 2.75) is 45.1 Å². The van der Waals surface area contributed by atoms with E-state index in [9.17, 15) is 0 Å². The van der Waals surface area contributed by atoms with Crippen LogP contribution in [0, 0.1) is 5.92 Å². The standard InChI is InChI=1S/C17H27NO2/c1-13(18-2)17-15(19-3)10-7-11-16(17)20-12-14-8-5-4-6-9-14/h7,10-11,13-14,18H,4-6,8-9,12H2,1-3H3. The minimum atomic E-state index is 0.215. The predicted molar refractivity (Wildman–Crippen MR) is 82.5 cm³/mol. The van der Waals surface area contributed by atoms with E-state index >= 15 is 0 Å². The molecule has 1 atom stereocenters. The highest BCUT2D eigenvalue weighted by Gasteiger charge is 2.18. The third-order valence-corrected chi connectivity index (χ3v) is 4.31. The molecule has 0 heterocycles. The van der Waals surface area contributed by atoms with Crippen LogP contribution in [-0.2, 0) is 0 Å². The monoisotopic (exact) mass is 277 g/mol. The molecule has 3 heteroatoms. The van der Waals surface area contributed by atoms with Gasteiger partial charge >= 0.3 is 0 Å². The number of ether oxygens (including phenoxy) is 2. The normalized spacial score (nSPS) is 17.8. The molecule has 1 saturated carbocycles. The number of hydrogen-bond donors (Lipinski definition) is 1. The fourth-order valence-electron chi connectivity index (χ4n) is 2.96. The van der Waals surface area contributed by atoms with E-state index in [1.807, 2.05) is 19.2 Å². The summed E-state index contributed by atoms with van der Waals surface area (Å²) in [5.74, 6) is 2.57. The minimum Gasteiger partial charge on any atom is -0.496 e. The van der Waals surface area contributed by atoms with E-state index in [1.54, 1.807) is 7.11 Å². The average molecular weight is 277 g/mol. The van der Waals surface area contributed by atoms with Gasteiger partial charge in [-0.2, -0.15) is 0 Å². The Labute approximate surface area is 122 Å². The first-order chi connectivity index (χ1) is 9.76. The van der Waals surface area contributed by atoms with Gasteiger partial charge in [0.25, 0.3) is 0 Å². The highest BCUT2D eigenvalue weighted by Crippen LogP contribution is 2.34. The van der Waals surface area contributed by atoms with E-state index in [4.69, 9.17) is 9.47 Å². The van der Waals surface area contributed by atoms with E-state index in [-0.39, 0.29) is 6.04 Å². The summed E-state index contributed by atoms with van der Waals surface area (Å²) in [6.45, 7) is 2.96. The molecule has 3 nitrogen and oxygen atoms in total. The predicted octanol–water partition coefficient (Wildman–Crippen LogP) is 3.93. The van der Waals surface area contributed by atoms with Crippen molar-refractivity contribution in [2.24, 2.45) is 5.92 Å². The SMILES string of the molecule is CNC(C)c1c(OC)cccc1OCC1CCCCC1. The molecule has 20 heavy (non-hydrogen) atoms. The fraction of sp³-hybridized carbons (Fsp3) is 0.647. The van der Waals surface area contributed by atoms with Crippen LogP contribution in [0.5, 0.6) is 11.5 Å². The highest BCUT2D eigenvalue weighted by atomic mass is 16.5. The Kier molecular flexibility index (Phi) is 5.72. The topological polar surface area (TPSA) is 30.5 Å². The van der Waals surface area contributed by atoms with Crippen LogP contribution in [0.3, 0.4) is 0 Å². The van der Waals surface area contributed by atoms with Gasteiger partial charge in [-0.05, 0) is 44.9 Å². The minimum absolute atomic E-state index is 0.215. The maximum absolute atomic E-state index is 6.12. The molecule has 1 aliphatic rings. The highest BCUT2D eigenvalue weighted by molar-refractivity contribution is 5.46. The number of methoxy groups -OCH3 is 1. The van der Waals surface area contributed by atoms with Crippen LogP contribution in [0.4, 0.5) is 0 Å². The summed E-state index contributed by atoms with van der Waals surface area (Å²) in [7, 11) is 3.67. The lowest BCUT2D eigenvalue weighted by Gasteiger charge is -2.24. The lowest BCUT2D eigenvalue weighted by molar-refractivity contribution is 0.205. The zero-order valence-corrected chi connectivity index (χ0v) is 12.9. The van der Waals surface area contributed by atoms with E-state index in [0.29, 0.717) is 5.92 Å². The molecular formula is C17H27NO2. The van der Waals surface area contributed by atoms with Gasteiger partial charge in [-0.1, -0.05) is 25.3 Å². The van der Waals surface area contributed by atoms with E-state index in [2.05, 4.69) is 18.3 Å². The van der Waals surface area contributed by atoms with Gasteiger partial charge in [0.2, 0.25) is 0 Å². The summed E-state index contributed by atoms with van der Waals surface area (Å²) in [4.78, 5) is 0. The summed E-state index contributed by atoms with van der Waals surface area (Å²) in [6, 6.07) is 6.26. The molecule has 0 bridgehead atoms. The molecule has 0 spiro atoms. The van der Waals surface area contributed by atoms with Crippen molar-refractivity contribution in [1.82, 2.24) is 5.32 Å². The van der Waals surface area contributed by atoms with Gasteiger partial charge in [-0.25, -0.2) is 0 Å². The van der Waals surface area contributed by atoms with Crippen molar-refractivity contribution in [3.8, 4) is 11.5 Å². The van der Waals surface area contributed by atoms with Gasteiger partial charge in [-0.3, -0.25) is 0 Å².